The van der Waals surface area contributed by atoms with E-state index in [4.69, 9.17) is 6.58 Å². The number of benzene rings is 10. The first-order valence-electron chi connectivity index (χ1n) is 23.2. The maximum absolute atomic E-state index is 4.83. The second kappa shape index (κ2) is 17.9. The van der Waals surface area contributed by atoms with Gasteiger partial charge in [0.05, 0.1) is 0 Å². The fourth-order valence-corrected chi connectivity index (χ4v) is 11.5. The SMILES string of the molecule is C=C(c1cccc(-c2ccccc2)c1)C(C)C(NC(CC)c1cc2sc3c(-c4ccc(-c5cccc6ccccc56)cc4)cccc3c2c2ccccc12)c1cccc(-c2ccccc2)c1. The first-order chi connectivity index (χ1) is 32.5. The average Bonchev–Trinajstić information content (AvgIpc) is 3.78. The molecule has 1 heterocycles. The molecule has 1 N–H and O–H groups in total. The van der Waals surface area contributed by atoms with Crippen LogP contribution in [0.3, 0.4) is 0 Å². The predicted molar refractivity (Wildman–Crippen MR) is 286 cm³/mol. The molecule has 11 rings (SSSR count). The van der Waals surface area contributed by atoms with Gasteiger partial charge < -0.3 is 5.32 Å². The summed E-state index contributed by atoms with van der Waals surface area (Å²) in [4.78, 5) is 0. The van der Waals surface area contributed by atoms with Crippen LogP contribution in [0.5, 0.6) is 0 Å². The highest BCUT2D eigenvalue weighted by Gasteiger charge is 2.28. The lowest BCUT2D eigenvalue weighted by atomic mass is 9.83. The number of thiophene rings is 1. The lowest BCUT2D eigenvalue weighted by Crippen LogP contribution is -2.31. The van der Waals surface area contributed by atoms with E-state index in [0.717, 1.165) is 12.0 Å². The Balaban J connectivity index is 0.993. The molecule has 3 atom stereocenters. The lowest BCUT2D eigenvalue weighted by molar-refractivity contribution is 0.387. The molecule has 10 aromatic carbocycles. The molecule has 0 aliphatic carbocycles. The Morgan fingerprint density at radius 1 is 0.485 bits per heavy atom. The van der Waals surface area contributed by atoms with Crippen LogP contribution in [0.2, 0.25) is 0 Å². The van der Waals surface area contributed by atoms with Crippen LogP contribution in [0.4, 0.5) is 0 Å². The fraction of sp³-hybridized carbons (Fsp3) is 0.0938. The van der Waals surface area contributed by atoms with Crippen molar-refractivity contribution in [2.75, 3.05) is 0 Å². The maximum atomic E-state index is 4.83. The van der Waals surface area contributed by atoms with Gasteiger partial charge in [-0.3, -0.25) is 0 Å². The summed E-state index contributed by atoms with van der Waals surface area (Å²) in [7, 11) is 0. The van der Waals surface area contributed by atoms with Crippen LogP contribution in [-0.2, 0) is 0 Å². The number of fused-ring (bicyclic) bond motifs is 6. The minimum absolute atomic E-state index is 0.0215. The van der Waals surface area contributed by atoms with Crippen molar-refractivity contribution in [2.24, 2.45) is 5.92 Å². The highest BCUT2D eigenvalue weighted by Crippen LogP contribution is 2.46. The summed E-state index contributed by atoms with van der Waals surface area (Å²) in [6.45, 7) is 9.50. The van der Waals surface area contributed by atoms with Gasteiger partial charge in [-0.1, -0.05) is 227 Å². The zero-order valence-electron chi connectivity index (χ0n) is 37.4. The summed E-state index contributed by atoms with van der Waals surface area (Å²) in [6.07, 6.45) is 0.923. The minimum atomic E-state index is -0.0215. The fourth-order valence-electron chi connectivity index (χ4n) is 10.2. The largest absolute Gasteiger partial charge is 0.303 e. The molecule has 0 aliphatic heterocycles. The predicted octanol–water partition coefficient (Wildman–Crippen LogP) is 18.2. The summed E-state index contributed by atoms with van der Waals surface area (Å²) >= 11 is 1.92. The Morgan fingerprint density at radius 2 is 1.03 bits per heavy atom. The molecule has 2 heteroatoms. The highest BCUT2D eigenvalue weighted by atomic mass is 32.1. The molecule has 1 aromatic heterocycles. The van der Waals surface area contributed by atoms with Gasteiger partial charge in [-0.05, 0) is 113 Å². The van der Waals surface area contributed by atoms with Crippen molar-refractivity contribution < 1.29 is 0 Å². The van der Waals surface area contributed by atoms with Gasteiger partial charge in [0.2, 0.25) is 0 Å². The van der Waals surface area contributed by atoms with Crippen LogP contribution >= 0.6 is 11.3 Å². The molecule has 11 aromatic rings. The average molecular weight is 866 g/mol. The van der Waals surface area contributed by atoms with E-state index in [1.807, 2.05) is 11.3 Å². The third-order valence-electron chi connectivity index (χ3n) is 13.7. The first kappa shape index (κ1) is 41.4. The summed E-state index contributed by atoms with van der Waals surface area (Å²) in [5, 5.41) is 12.1. The standard InChI is InChI=1S/C64H51NS/c1-4-60(65-63(52-28-16-27-51(40-52)45-21-9-6-10-22-45)43(3)42(2)49-25-15-26-50(39-49)44-19-7-5-8-20-44)59-41-61-62(57-31-14-13-30-56(57)59)58-34-18-33-55(64(58)66-61)48-37-35-47(36-38-48)54-32-17-24-46-23-11-12-29-53(46)54/h5-41,43,60,63,65H,2,4H2,1,3H3. The molecule has 1 nitrogen and oxygen atoms in total. The van der Waals surface area contributed by atoms with E-state index in [-0.39, 0.29) is 18.0 Å². The molecule has 0 aliphatic rings. The molecular weight excluding hydrogens is 815 g/mol. The quantitative estimate of drug-likeness (QED) is 0.129. The van der Waals surface area contributed by atoms with Gasteiger partial charge in [0.1, 0.15) is 0 Å². The summed E-state index contributed by atoms with van der Waals surface area (Å²) < 4.78 is 2.64. The normalized spacial score (nSPS) is 13.0. The van der Waals surface area contributed by atoms with Crippen LogP contribution in [0.25, 0.3) is 91.8 Å². The molecule has 0 fully saturated rings. The summed E-state index contributed by atoms with van der Waals surface area (Å²) in [6, 6.07) is 82.3. The smallest absolute Gasteiger partial charge is 0.0434 e. The molecule has 0 radical (unpaired) electrons. The van der Waals surface area contributed by atoms with Gasteiger partial charge in [0.15, 0.2) is 0 Å². The molecule has 0 bridgehead atoms. The van der Waals surface area contributed by atoms with Gasteiger partial charge >= 0.3 is 0 Å². The molecule has 0 saturated carbocycles. The van der Waals surface area contributed by atoms with E-state index < -0.39 is 0 Å². The molecule has 0 spiro atoms. The van der Waals surface area contributed by atoms with Crippen molar-refractivity contribution in [1.29, 1.82) is 0 Å². The summed E-state index contributed by atoms with van der Waals surface area (Å²) in [5.74, 6) is 0.0741. The first-order valence-corrected chi connectivity index (χ1v) is 24.1. The second-order valence-corrected chi connectivity index (χ2v) is 18.7. The molecular formula is C64H51NS. The number of hydrogen-bond donors (Lipinski definition) is 1. The van der Waals surface area contributed by atoms with E-state index in [1.54, 1.807) is 0 Å². The molecule has 66 heavy (non-hydrogen) atoms. The van der Waals surface area contributed by atoms with E-state index in [2.05, 4.69) is 244 Å². The third kappa shape index (κ3) is 7.73. The van der Waals surface area contributed by atoms with E-state index >= 15 is 0 Å². The third-order valence-corrected chi connectivity index (χ3v) is 14.9. The van der Waals surface area contributed by atoms with Crippen LogP contribution in [0, 0.1) is 5.92 Å². The van der Waals surface area contributed by atoms with Crippen LogP contribution in [0.15, 0.2) is 231 Å². The second-order valence-electron chi connectivity index (χ2n) is 17.6. The topological polar surface area (TPSA) is 12.0 Å². The van der Waals surface area contributed by atoms with E-state index in [9.17, 15) is 0 Å². The van der Waals surface area contributed by atoms with Crippen LogP contribution in [-0.4, -0.2) is 0 Å². The van der Waals surface area contributed by atoms with Crippen molar-refractivity contribution >= 4 is 58.6 Å². The minimum Gasteiger partial charge on any atom is -0.303 e. The maximum Gasteiger partial charge on any atom is 0.0434 e. The van der Waals surface area contributed by atoms with Crippen molar-refractivity contribution in [2.45, 2.75) is 32.4 Å². The monoisotopic (exact) mass is 865 g/mol. The zero-order valence-corrected chi connectivity index (χ0v) is 38.2. The Morgan fingerprint density at radius 3 is 1.76 bits per heavy atom. The zero-order chi connectivity index (χ0) is 44.6. The van der Waals surface area contributed by atoms with Crippen molar-refractivity contribution in [3.63, 3.8) is 0 Å². The summed E-state index contributed by atoms with van der Waals surface area (Å²) in [5.41, 5.74) is 14.7. The Labute approximate surface area is 392 Å². The molecule has 0 amide bonds. The van der Waals surface area contributed by atoms with Crippen molar-refractivity contribution in [1.82, 2.24) is 5.32 Å². The Bertz CT molecular complexity index is 3520. The highest BCUT2D eigenvalue weighted by molar-refractivity contribution is 7.26. The van der Waals surface area contributed by atoms with Gasteiger partial charge in [-0.25, -0.2) is 0 Å². The van der Waals surface area contributed by atoms with E-state index in [0.29, 0.717) is 0 Å². The van der Waals surface area contributed by atoms with Gasteiger partial charge in [-0.2, -0.15) is 0 Å². The molecule has 318 valence electrons. The van der Waals surface area contributed by atoms with E-state index in [1.165, 1.54) is 103 Å². The number of nitrogens with one attached hydrogen (secondary N) is 1. The Kier molecular flexibility index (Phi) is 11.2. The van der Waals surface area contributed by atoms with Gasteiger partial charge in [0.25, 0.3) is 0 Å². The van der Waals surface area contributed by atoms with Gasteiger partial charge in [0, 0.05) is 38.2 Å². The van der Waals surface area contributed by atoms with Crippen molar-refractivity contribution in [3.05, 3.63) is 248 Å². The molecule has 3 unspecified atom stereocenters. The van der Waals surface area contributed by atoms with Gasteiger partial charge in [-0.15, -0.1) is 11.3 Å². The molecule has 0 saturated heterocycles. The van der Waals surface area contributed by atoms with Crippen LogP contribution in [0.1, 0.15) is 49.0 Å². The number of hydrogen-bond acceptors (Lipinski definition) is 2. The van der Waals surface area contributed by atoms with Crippen LogP contribution < -0.4 is 5.32 Å². The lowest BCUT2D eigenvalue weighted by Gasteiger charge is -2.33. The Hall–Kier alpha value is -7.36. The number of rotatable bonds is 12. The van der Waals surface area contributed by atoms with Crippen molar-refractivity contribution in [3.8, 4) is 44.5 Å².